The van der Waals surface area contributed by atoms with E-state index in [0.717, 1.165) is 30.2 Å². The molecule has 0 atom stereocenters. The van der Waals surface area contributed by atoms with Gasteiger partial charge >= 0.3 is 12.0 Å². The van der Waals surface area contributed by atoms with Crippen molar-refractivity contribution in [2.75, 3.05) is 29.9 Å². The molecule has 3 rings (SSSR count). The summed E-state index contributed by atoms with van der Waals surface area (Å²) < 4.78 is 4.93. The van der Waals surface area contributed by atoms with E-state index in [1.165, 1.54) is 0 Å². The highest BCUT2D eigenvalue weighted by Crippen LogP contribution is 2.23. The van der Waals surface area contributed by atoms with E-state index in [1.807, 2.05) is 16.7 Å². The average molecular weight is 278 g/mol. The van der Waals surface area contributed by atoms with Crippen LogP contribution in [0.25, 0.3) is 0 Å². The van der Waals surface area contributed by atoms with Gasteiger partial charge in [-0.1, -0.05) is 0 Å². The number of carbonyl (C=O) groups excluding carboxylic acids is 2. The minimum Gasteiger partial charge on any atom is -0.457 e. The van der Waals surface area contributed by atoms with Crippen LogP contribution in [0.4, 0.5) is 10.5 Å². The van der Waals surface area contributed by atoms with Crippen LogP contribution >= 0.6 is 11.8 Å². The highest BCUT2D eigenvalue weighted by molar-refractivity contribution is 7.99. The van der Waals surface area contributed by atoms with Crippen molar-refractivity contribution >= 4 is 29.4 Å². The van der Waals surface area contributed by atoms with E-state index >= 15 is 0 Å². The minimum absolute atomic E-state index is 0.0782. The maximum Gasteiger partial charge on any atom is 0.338 e. The second kappa shape index (κ2) is 5.13. The Labute approximate surface area is 115 Å². The molecule has 0 spiro atoms. The molecule has 0 unspecified atom stereocenters. The first-order chi connectivity index (χ1) is 9.24. The SMILES string of the molecule is O=C1OCc2cc(NC(=O)N3CCSCC3)ccc21. The van der Waals surface area contributed by atoms with Crippen LogP contribution in [0.5, 0.6) is 0 Å². The molecule has 0 aromatic heterocycles. The number of nitrogens with one attached hydrogen (secondary N) is 1. The van der Waals surface area contributed by atoms with E-state index in [0.29, 0.717) is 11.3 Å². The third kappa shape index (κ3) is 2.53. The molecule has 0 aliphatic carbocycles. The van der Waals surface area contributed by atoms with Crippen molar-refractivity contribution < 1.29 is 14.3 Å². The first-order valence-corrected chi connectivity index (χ1v) is 7.33. The molecule has 1 fully saturated rings. The number of cyclic esters (lactones) is 1. The lowest BCUT2D eigenvalue weighted by atomic mass is 10.1. The van der Waals surface area contributed by atoms with Gasteiger partial charge in [0.2, 0.25) is 0 Å². The molecule has 2 amide bonds. The Kier molecular flexibility index (Phi) is 3.33. The molecule has 5 nitrogen and oxygen atoms in total. The molecular weight excluding hydrogens is 264 g/mol. The molecular formula is C13H14N2O3S. The average Bonchev–Trinajstić information content (AvgIpc) is 2.81. The number of amides is 2. The second-order valence-electron chi connectivity index (χ2n) is 4.48. The lowest BCUT2D eigenvalue weighted by Crippen LogP contribution is -2.40. The van der Waals surface area contributed by atoms with Crippen molar-refractivity contribution in [3.63, 3.8) is 0 Å². The Morgan fingerprint density at radius 1 is 1.32 bits per heavy atom. The molecule has 1 saturated heterocycles. The van der Waals surface area contributed by atoms with E-state index in [2.05, 4.69) is 5.32 Å². The Morgan fingerprint density at radius 3 is 2.89 bits per heavy atom. The zero-order chi connectivity index (χ0) is 13.2. The number of benzene rings is 1. The number of fused-ring (bicyclic) bond motifs is 1. The molecule has 100 valence electrons. The summed E-state index contributed by atoms with van der Waals surface area (Å²) in [5, 5.41) is 2.87. The van der Waals surface area contributed by atoms with Crippen LogP contribution in [0, 0.1) is 0 Å². The van der Waals surface area contributed by atoms with Gasteiger partial charge in [-0.05, 0) is 18.2 Å². The molecule has 1 aromatic rings. The number of nitrogens with zero attached hydrogens (tertiary/aromatic N) is 1. The molecule has 1 N–H and O–H groups in total. The van der Waals surface area contributed by atoms with Crippen LogP contribution in [0.15, 0.2) is 18.2 Å². The zero-order valence-corrected chi connectivity index (χ0v) is 11.2. The number of rotatable bonds is 1. The molecule has 2 aliphatic heterocycles. The number of hydrogen-bond acceptors (Lipinski definition) is 4. The standard InChI is InChI=1S/C13H14N2O3S/c16-12-11-2-1-10(7-9(11)8-18-12)14-13(17)15-3-5-19-6-4-15/h1-2,7H,3-6,8H2,(H,14,17). The number of carbonyl (C=O) groups is 2. The third-order valence-electron chi connectivity index (χ3n) is 3.23. The summed E-state index contributed by atoms with van der Waals surface area (Å²) in [7, 11) is 0. The van der Waals surface area contributed by atoms with Gasteiger partial charge in [0.15, 0.2) is 0 Å². The van der Waals surface area contributed by atoms with Gasteiger partial charge in [0.05, 0.1) is 5.56 Å². The summed E-state index contributed by atoms with van der Waals surface area (Å²) in [4.78, 5) is 25.2. The van der Waals surface area contributed by atoms with Gasteiger partial charge in [-0.3, -0.25) is 0 Å². The van der Waals surface area contributed by atoms with Gasteiger partial charge < -0.3 is 15.0 Å². The summed E-state index contributed by atoms with van der Waals surface area (Å²) in [5.74, 6) is 1.68. The van der Waals surface area contributed by atoms with E-state index in [9.17, 15) is 9.59 Å². The van der Waals surface area contributed by atoms with Gasteiger partial charge in [0, 0.05) is 35.8 Å². The number of ether oxygens (including phenoxy) is 1. The molecule has 0 radical (unpaired) electrons. The summed E-state index contributed by atoms with van der Waals surface area (Å²) in [6, 6.07) is 5.16. The van der Waals surface area contributed by atoms with Crippen molar-refractivity contribution in [2.24, 2.45) is 0 Å². The molecule has 19 heavy (non-hydrogen) atoms. The second-order valence-corrected chi connectivity index (χ2v) is 5.70. The zero-order valence-electron chi connectivity index (χ0n) is 10.3. The monoisotopic (exact) mass is 278 g/mol. The van der Waals surface area contributed by atoms with Crippen LogP contribution in [-0.4, -0.2) is 41.5 Å². The molecule has 2 aliphatic rings. The smallest absolute Gasteiger partial charge is 0.338 e. The lowest BCUT2D eigenvalue weighted by molar-refractivity contribution is 0.0535. The summed E-state index contributed by atoms with van der Waals surface area (Å²) in [6.07, 6.45) is 0. The number of hydrogen-bond donors (Lipinski definition) is 1. The maximum absolute atomic E-state index is 12.0. The highest BCUT2D eigenvalue weighted by atomic mass is 32.2. The summed E-state index contributed by atoms with van der Waals surface area (Å²) in [6.45, 7) is 1.85. The van der Waals surface area contributed by atoms with E-state index in [4.69, 9.17) is 4.74 Å². The Bertz CT molecular complexity index is 527. The Balaban J connectivity index is 1.70. The fraction of sp³-hybridized carbons (Fsp3) is 0.385. The predicted octanol–water partition coefficient (Wildman–Crippen LogP) is 1.94. The normalized spacial score (nSPS) is 17.9. The van der Waals surface area contributed by atoms with Gasteiger partial charge in [-0.15, -0.1) is 0 Å². The Hall–Kier alpha value is -1.69. The van der Waals surface area contributed by atoms with Crippen molar-refractivity contribution in [3.8, 4) is 0 Å². The highest BCUT2D eigenvalue weighted by Gasteiger charge is 2.22. The largest absolute Gasteiger partial charge is 0.457 e. The summed E-state index contributed by atoms with van der Waals surface area (Å²) >= 11 is 1.86. The minimum atomic E-state index is -0.291. The van der Waals surface area contributed by atoms with E-state index < -0.39 is 0 Å². The Morgan fingerprint density at radius 2 is 2.11 bits per heavy atom. The van der Waals surface area contributed by atoms with Gasteiger partial charge in [0.25, 0.3) is 0 Å². The van der Waals surface area contributed by atoms with Crippen molar-refractivity contribution in [1.82, 2.24) is 4.90 Å². The lowest BCUT2D eigenvalue weighted by Gasteiger charge is -2.26. The summed E-state index contributed by atoms with van der Waals surface area (Å²) in [5.41, 5.74) is 2.13. The van der Waals surface area contributed by atoms with Crippen LogP contribution < -0.4 is 5.32 Å². The predicted molar refractivity (Wildman–Crippen MR) is 73.5 cm³/mol. The molecule has 0 saturated carbocycles. The first kappa shape index (κ1) is 12.3. The fourth-order valence-electron chi connectivity index (χ4n) is 2.18. The maximum atomic E-state index is 12.0. The number of anilines is 1. The van der Waals surface area contributed by atoms with Crippen LogP contribution in [-0.2, 0) is 11.3 Å². The van der Waals surface area contributed by atoms with Crippen molar-refractivity contribution in [1.29, 1.82) is 0 Å². The van der Waals surface area contributed by atoms with Crippen LogP contribution in [0.3, 0.4) is 0 Å². The van der Waals surface area contributed by atoms with Gasteiger partial charge in [0.1, 0.15) is 6.61 Å². The van der Waals surface area contributed by atoms with Crippen LogP contribution in [0.2, 0.25) is 0 Å². The first-order valence-electron chi connectivity index (χ1n) is 6.18. The molecule has 0 bridgehead atoms. The topological polar surface area (TPSA) is 58.6 Å². The molecule has 1 aromatic carbocycles. The van der Waals surface area contributed by atoms with E-state index in [-0.39, 0.29) is 18.6 Å². The fourth-order valence-corrected chi connectivity index (χ4v) is 3.08. The van der Waals surface area contributed by atoms with Gasteiger partial charge in [-0.25, -0.2) is 9.59 Å². The van der Waals surface area contributed by atoms with E-state index in [1.54, 1.807) is 18.2 Å². The molecule has 2 heterocycles. The van der Waals surface area contributed by atoms with Gasteiger partial charge in [-0.2, -0.15) is 11.8 Å². The molecule has 6 heteroatoms. The van der Waals surface area contributed by atoms with Crippen LogP contribution in [0.1, 0.15) is 15.9 Å². The number of thioether (sulfide) groups is 1. The third-order valence-corrected chi connectivity index (χ3v) is 4.18. The quantitative estimate of drug-likeness (QED) is 0.798. The number of urea groups is 1. The van der Waals surface area contributed by atoms with Crippen molar-refractivity contribution in [3.05, 3.63) is 29.3 Å². The van der Waals surface area contributed by atoms with Crippen molar-refractivity contribution in [2.45, 2.75) is 6.61 Å². The number of esters is 1.